The number of piperidine rings is 1. The Kier molecular flexibility index (Phi) is 5.83. The lowest BCUT2D eigenvalue weighted by atomic mass is 9.97. The molecule has 1 atom stereocenters. The zero-order valence-electron chi connectivity index (χ0n) is 14.4. The largest absolute Gasteiger partial charge is 0.396 e. The van der Waals surface area contributed by atoms with Gasteiger partial charge in [-0.15, -0.1) is 0 Å². The summed E-state index contributed by atoms with van der Waals surface area (Å²) in [5, 5.41) is 12.8. The maximum Gasteiger partial charge on any atom is 0.0570 e. The van der Waals surface area contributed by atoms with Crippen LogP contribution >= 0.6 is 0 Å². The Morgan fingerprint density at radius 3 is 2.54 bits per heavy atom. The maximum atomic E-state index is 9.24. The van der Waals surface area contributed by atoms with E-state index in [4.69, 9.17) is 0 Å². The van der Waals surface area contributed by atoms with Crippen molar-refractivity contribution in [3.05, 3.63) is 59.9 Å². The fraction of sp³-hybridized carbons (Fsp3) is 0.450. The van der Waals surface area contributed by atoms with Gasteiger partial charge >= 0.3 is 0 Å². The molecule has 128 valence electrons. The summed E-state index contributed by atoms with van der Waals surface area (Å²) >= 11 is 0. The number of pyridine rings is 1. The molecule has 2 aromatic rings. The van der Waals surface area contributed by atoms with Crippen LogP contribution in [0.1, 0.15) is 37.1 Å². The fourth-order valence-electron chi connectivity index (χ4n) is 3.21. The number of rotatable bonds is 6. The van der Waals surface area contributed by atoms with Crippen molar-refractivity contribution in [1.29, 1.82) is 0 Å². The third-order valence-electron chi connectivity index (χ3n) is 4.92. The molecule has 1 aliphatic heterocycles. The van der Waals surface area contributed by atoms with E-state index in [1.165, 1.54) is 11.3 Å². The second-order valence-corrected chi connectivity index (χ2v) is 6.64. The molecule has 24 heavy (non-hydrogen) atoms. The molecule has 0 aliphatic carbocycles. The number of nitrogens with zero attached hydrogens (tertiary/aromatic N) is 2. The molecule has 0 amide bonds. The number of aliphatic hydroxyl groups excluding tert-OH is 1. The highest BCUT2D eigenvalue weighted by Crippen LogP contribution is 2.23. The molecular weight excluding hydrogens is 298 g/mol. The van der Waals surface area contributed by atoms with Gasteiger partial charge in [-0.3, -0.25) is 4.98 Å². The van der Waals surface area contributed by atoms with Crippen LogP contribution < -0.4 is 10.2 Å². The average molecular weight is 325 g/mol. The maximum absolute atomic E-state index is 9.24. The van der Waals surface area contributed by atoms with Crippen LogP contribution in [-0.4, -0.2) is 29.8 Å². The van der Waals surface area contributed by atoms with Crippen molar-refractivity contribution in [3.8, 4) is 0 Å². The number of nitrogens with one attached hydrogen (secondary N) is 1. The van der Waals surface area contributed by atoms with E-state index < -0.39 is 0 Å². The van der Waals surface area contributed by atoms with Crippen molar-refractivity contribution in [3.63, 3.8) is 0 Å². The first-order chi connectivity index (χ1) is 11.8. The van der Waals surface area contributed by atoms with Crippen LogP contribution in [0.4, 0.5) is 5.69 Å². The summed E-state index contributed by atoms with van der Waals surface area (Å²) in [5.74, 6) is 0.484. The summed E-state index contributed by atoms with van der Waals surface area (Å²) in [6, 6.07) is 15.1. The van der Waals surface area contributed by atoms with Crippen LogP contribution in [0.2, 0.25) is 0 Å². The monoisotopic (exact) mass is 325 g/mol. The van der Waals surface area contributed by atoms with Gasteiger partial charge in [-0.05, 0) is 55.5 Å². The van der Waals surface area contributed by atoms with Crippen molar-refractivity contribution in [1.82, 2.24) is 10.3 Å². The highest BCUT2D eigenvalue weighted by Gasteiger charge is 2.18. The summed E-state index contributed by atoms with van der Waals surface area (Å²) in [6.45, 7) is 5.39. The number of aromatic nitrogens is 1. The molecular formula is C20H27N3O. The van der Waals surface area contributed by atoms with E-state index in [2.05, 4.69) is 52.5 Å². The van der Waals surface area contributed by atoms with E-state index >= 15 is 0 Å². The fourth-order valence-corrected chi connectivity index (χ4v) is 3.21. The smallest absolute Gasteiger partial charge is 0.0570 e. The minimum atomic E-state index is 0.239. The van der Waals surface area contributed by atoms with E-state index in [0.717, 1.165) is 38.2 Å². The standard InChI is InChI=1S/C20H27N3O/c1-16(20-4-2-3-11-21-20)22-14-17-5-7-19(8-6-17)23-12-9-18(15-24)10-13-23/h2-8,11,16,18,22,24H,9-10,12-15H2,1H3. The van der Waals surface area contributed by atoms with Crippen molar-refractivity contribution < 1.29 is 5.11 Å². The second kappa shape index (κ2) is 8.27. The highest BCUT2D eigenvalue weighted by molar-refractivity contribution is 5.48. The average Bonchev–Trinajstić information content (AvgIpc) is 2.67. The first-order valence-electron chi connectivity index (χ1n) is 8.85. The van der Waals surface area contributed by atoms with Crippen LogP contribution in [0.15, 0.2) is 48.7 Å². The molecule has 3 rings (SSSR count). The van der Waals surface area contributed by atoms with Gasteiger partial charge in [0.15, 0.2) is 0 Å². The van der Waals surface area contributed by atoms with Crippen LogP contribution in [0, 0.1) is 5.92 Å². The second-order valence-electron chi connectivity index (χ2n) is 6.64. The molecule has 1 aromatic carbocycles. The third-order valence-corrected chi connectivity index (χ3v) is 4.92. The summed E-state index contributed by atoms with van der Waals surface area (Å²) in [7, 11) is 0. The Hall–Kier alpha value is -1.91. The van der Waals surface area contributed by atoms with Crippen molar-refractivity contribution in [2.75, 3.05) is 24.6 Å². The molecule has 0 bridgehead atoms. The van der Waals surface area contributed by atoms with E-state index in [1.54, 1.807) is 0 Å². The van der Waals surface area contributed by atoms with Gasteiger partial charge in [0.05, 0.1) is 5.69 Å². The Labute approximate surface area is 144 Å². The number of hydrogen-bond acceptors (Lipinski definition) is 4. The number of anilines is 1. The van der Waals surface area contributed by atoms with Gasteiger partial charge in [-0.25, -0.2) is 0 Å². The molecule has 1 aliphatic rings. The van der Waals surface area contributed by atoms with Crippen LogP contribution in [-0.2, 0) is 6.54 Å². The third kappa shape index (κ3) is 4.34. The van der Waals surface area contributed by atoms with Crippen molar-refractivity contribution in [2.45, 2.75) is 32.4 Å². The Morgan fingerprint density at radius 1 is 1.17 bits per heavy atom. The molecule has 4 heteroatoms. The molecule has 4 nitrogen and oxygen atoms in total. The predicted molar refractivity (Wildman–Crippen MR) is 98.0 cm³/mol. The van der Waals surface area contributed by atoms with Crippen LogP contribution in [0.5, 0.6) is 0 Å². The number of benzene rings is 1. The number of hydrogen-bond donors (Lipinski definition) is 2. The summed E-state index contributed by atoms with van der Waals surface area (Å²) in [6.07, 6.45) is 4.01. The molecule has 1 aromatic heterocycles. The summed E-state index contributed by atoms with van der Waals surface area (Å²) < 4.78 is 0. The molecule has 1 fully saturated rings. The predicted octanol–water partition coefficient (Wildman–Crippen LogP) is 3.14. The Balaban J connectivity index is 1.51. The van der Waals surface area contributed by atoms with Gasteiger partial charge < -0.3 is 15.3 Å². The van der Waals surface area contributed by atoms with Crippen molar-refractivity contribution in [2.24, 2.45) is 5.92 Å². The first kappa shape index (κ1) is 16.9. The lowest BCUT2D eigenvalue weighted by molar-refractivity contribution is 0.203. The molecule has 0 saturated carbocycles. The molecule has 1 saturated heterocycles. The quantitative estimate of drug-likeness (QED) is 0.856. The minimum Gasteiger partial charge on any atom is -0.396 e. The minimum absolute atomic E-state index is 0.239. The highest BCUT2D eigenvalue weighted by atomic mass is 16.3. The topological polar surface area (TPSA) is 48.4 Å². The summed E-state index contributed by atoms with van der Waals surface area (Å²) in [4.78, 5) is 6.81. The number of aliphatic hydroxyl groups is 1. The molecule has 0 radical (unpaired) electrons. The Bertz CT molecular complexity index is 607. The Morgan fingerprint density at radius 2 is 1.92 bits per heavy atom. The molecule has 2 heterocycles. The van der Waals surface area contributed by atoms with Gasteiger partial charge in [-0.2, -0.15) is 0 Å². The van der Waals surface area contributed by atoms with E-state index in [-0.39, 0.29) is 6.04 Å². The summed E-state index contributed by atoms with van der Waals surface area (Å²) in [5.41, 5.74) is 3.64. The lowest BCUT2D eigenvalue weighted by Gasteiger charge is -2.33. The van der Waals surface area contributed by atoms with Gasteiger partial charge in [0.1, 0.15) is 0 Å². The van der Waals surface area contributed by atoms with E-state index in [9.17, 15) is 5.11 Å². The van der Waals surface area contributed by atoms with Gasteiger partial charge in [0, 0.05) is 44.2 Å². The normalized spacial score (nSPS) is 17.0. The van der Waals surface area contributed by atoms with Gasteiger partial charge in [0.25, 0.3) is 0 Å². The van der Waals surface area contributed by atoms with Gasteiger partial charge in [-0.1, -0.05) is 18.2 Å². The molecule has 0 spiro atoms. The van der Waals surface area contributed by atoms with E-state index in [1.807, 2.05) is 18.3 Å². The zero-order chi connectivity index (χ0) is 16.8. The van der Waals surface area contributed by atoms with Gasteiger partial charge in [0.2, 0.25) is 0 Å². The SMILES string of the molecule is CC(NCc1ccc(N2CCC(CO)CC2)cc1)c1ccccn1. The molecule has 1 unspecified atom stereocenters. The zero-order valence-corrected chi connectivity index (χ0v) is 14.4. The first-order valence-corrected chi connectivity index (χ1v) is 8.85. The van der Waals surface area contributed by atoms with Crippen LogP contribution in [0.3, 0.4) is 0 Å². The van der Waals surface area contributed by atoms with Crippen LogP contribution in [0.25, 0.3) is 0 Å². The van der Waals surface area contributed by atoms with Crippen molar-refractivity contribution >= 4 is 5.69 Å². The van der Waals surface area contributed by atoms with E-state index in [0.29, 0.717) is 12.5 Å². The lowest BCUT2D eigenvalue weighted by Crippen LogP contribution is -2.34. The molecule has 2 N–H and O–H groups in total.